The zero-order chi connectivity index (χ0) is 21.4. The van der Waals surface area contributed by atoms with E-state index in [4.69, 9.17) is 4.74 Å². The van der Waals surface area contributed by atoms with Crippen LogP contribution in [0, 0.1) is 11.3 Å². The van der Waals surface area contributed by atoms with Crippen LogP contribution in [0.5, 0.6) is 0 Å². The SMILES string of the molecule is CN=C(NCCCN1CCCC1C(=O)N(C)C)NCC1CCCOC1C(C)(C)C. The lowest BCUT2D eigenvalue weighted by molar-refractivity contribution is -0.133. The second kappa shape index (κ2) is 11.2. The first kappa shape index (κ1) is 23.9. The topological polar surface area (TPSA) is 69.2 Å². The van der Waals surface area contributed by atoms with Crippen molar-refractivity contribution in [3.8, 4) is 0 Å². The second-order valence-corrected chi connectivity index (χ2v) is 9.72. The third-order valence-electron chi connectivity index (χ3n) is 6.06. The predicted octanol–water partition coefficient (Wildman–Crippen LogP) is 1.94. The maximum atomic E-state index is 12.3. The standard InChI is InChI=1S/C22H43N5O2/c1-22(2,3)19-17(10-8-15-29-19)16-25-21(23-4)24-12-9-14-27-13-7-11-18(27)20(28)26(5)6/h17-19H,7-16H2,1-6H3,(H2,23,24,25). The van der Waals surface area contributed by atoms with Gasteiger partial charge in [0.05, 0.1) is 12.1 Å². The van der Waals surface area contributed by atoms with Gasteiger partial charge in [-0.3, -0.25) is 14.7 Å². The monoisotopic (exact) mass is 409 g/mol. The number of rotatable bonds is 7. The van der Waals surface area contributed by atoms with Gasteiger partial charge in [-0.2, -0.15) is 0 Å². The summed E-state index contributed by atoms with van der Waals surface area (Å²) in [6, 6.07) is 0.0584. The summed E-state index contributed by atoms with van der Waals surface area (Å²) >= 11 is 0. The van der Waals surface area contributed by atoms with Crippen LogP contribution in [0.3, 0.4) is 0 Å². The molecule has 0 aromatic rings. The molecule has 0 aromatic carbocycles. The van der Waals surface area contributed by atoms with E-state index in [0.29, 0.717) is 5.92 Å². The van der Waals surface area contributed by atoms with E-state index >= 15 is 0 Å². The number of likely N-dealkylation sites (N-methyl/N-ethyl adjacent to an activating group) is 1. The fourth-order valence-corrected chi connectivity index (χ4v) is 4.62. The van der Waals surface area contributed by atoms with Crippen LogP contribution in [-0.4, -0.2) is 87.7 Å². The Morgan fingerprint density at radius 3 is 2.62 bits per heavy atom. The highest BCUT2D eigenvalue weighted by Gasteiger charge is 2.35. The zero-order valence-electron chi connectivity index (χ0n) is 19.5. The van der Waals surface area contributed by atoms with E-state index in [0.717, 1.165) is 64.4 Å². The fourth-order valence-electron chi connectivity index (χ4n) is 4.62. The van der Waals surface area contributed by atoms with Crippen molar-refractivity contribution in [1.82, 2.24) is 20.4 Å². The van der Waals surface area contributed by atoms with Gasteiger partial charge in [-0.15, -0.1) is 0 Å². The molecular weight excluding hydrogens is 366 g/mol. The van der Waals surface area contributed by atoms with Gasteiger partial charge < -0.3 is 20.3 Å². The molecular formula is C22H43N5O2. The summed E-state index contributed by atoms with van der Waals surface area (Å²) in [6.45, 7) is 11.3. The minimum Gasteiger partial charge on any atom is -0.377 e. The van der Waals surface area contributed by atoms with Gasteiger partial charge in [0, 0.05) is 53.3 Å². The van der Waals surface area contributed by atoms with Crippen LogP contribution in [0.2, 0.25) is 0 Å². The van der Waals surface area contributed by atoms with Crippen molar-refractivity contribution >= 4 is 11.9 Å². The van der Waals surface area contributed by atoms with Crippen molar-refractivity contribution < 1.29 is 9.53 Å². The van der Waals surface area contributed by atoms with E-state index in [1.165, 1.54) is 6.42 Å². The Bertz CT molecular complexity index is 544. The molecule has 2 saturated heterocycles. The molecule has 7 nitrogen and oxygen atoms in total. The number of hydrogen-bond acceptors (Lipinski definition) is 4. The maximum absolute atomic E-state index is 12.3. The van der Waals surface area contributed by atoms with Crippen LogP contribution in [0.1, 0.15) is 52.9 Å². The number of likely N-dealkylation sites (tertiary alicyclic amines) is 1. The van der Waals surface area contributed by atoms with Crippen molar-refractivity contribution in [2.75, 3.05) is 53.9 Å². The Morgan fingerprint density at radius 1 is 1.21 bits per heavy atom. The first-order chi connectivity index (χ1) is 13.7. The predicted molar refractivity (Wildman–Crippen MR) is 119 cm³/mol. The van der Waals surface area contributed by atoms with Crippen LogP contribution in [0.4, 0.5) is 0 Å². The maximum Gasteiger partial charge on any atom is 0.239 e. The molecule has 7 heteroatoms. The van der Waals surface area contributed by atoms with Gasteiger partial charge in [-0.25, -0.2) is 0 Å². The van der Waals surface area contributed by atoms with Gasteiger partial charge in [-0.1, -0.05) is 20.8 Å². The summed E-state index contributed by atoms with van der Waals surface area (Å²) in [4.78, 5) is 20.7. The quantitative estimate of drug-likeness (QED) is 0.382. The van der Waals surface area contributed by atoms with Crippen LogP contribution in [0.15, 0.2) is 4.99 Å². The number of aliphatic imine (C=N–C) groups is 1. The first-order valence-electron chi connectivity index (χ1n) is 11.3. The van der Waals surface area contributed by atoms with E-state index in [1.807, 2.05) is 21.1 Å². The Morgan fingerprint density at radius 2 is 1.97 bits per heavy atom. The number of nitrogens with zero attached hydrogens (tertiary/aromatic N) is 3. The molecule has 0 aromatic heterocycles. The summed E-state index contributed by atoms with van der Waals surface area (Å²) in [5.41, 5.74) is 0.153. The largest absolute Gasteiger partial charge is 0.377 e. The number of nitrogens with one attached hydrogen (secondary N) is 2. The van der Waals surface area contributed by atoms with E-state index in [9.17, 15) is 4.79 Å². The molecule has 2 rings (SSSR count). The first-order valence-corrected chi connectivity index (χ1v) is 11.3. The summed E-state index contributed by atoms with van der Waals surface area (Å²) in [5.74, 6) is 1.59. The Hall–Kier alpha value is -1.34. The van der Waals surface area contributed by atoms with Gasteiger partial charge in [0.1, 0.15) is 0 Å². The lowest BCUT2D eigenvalue weighted by atomic mass is 9.78. The molecule has 1 amide bonds. The Kier molecular flexibility index (Phi) is 9.21. The lowest BCUT2D eigenvalue weighted by Gasteiger charge is -2.40. The Labute approximate surface area is 177 Å². The molecule has 3 unspecified atom stereocenters. The van der Waals surface area contributed by atoms with Crippen molar-refractivity contribution in [2.24, 2.45) is 16.3 Å². The number of ether oxygens (including phenoxy) is 1. The number of hydrogen-bond donors (Lipinski definition) is 2. The average Bonchev–Trinajstić information content (AvgIpc) is 3.14. The minimum atomic E-state index is 0.0584. The van der Waals surface area contributed by atoms with E-state index in [-0.39, 0.29) is 23.5 Å². The molecule has 29 heavy (non-hydrogen) atoms. The highest BCUT2D eigenvalue weighted by atomic mass is 16.5. The van der Waals surface area contributed by atoms with Crippen LogP contribution < -0.4 is 10.6 Å². The molecule has 2 N–H and O–H groups in total. The molecule has 3 atom stereocenters. The second-order valence-electron chi connectivity index (χ2n) is 9.72. The molecule has 168 valence electrons. The number of guanidine groups is 1. The Balaban J connectivity index is 1.72. The minimum absolute atomic E-state index is 0.0584. The molecule has 0 bridgehead atoms. The van der Waals surface area contributed by atoms with Crippen LogP contribution in [0.25, 0.3) is 0 Å². The molecule has 0 saturated carbocycles. The van der Waals surface area contributed by atoms with Crippen LogP contribution in [-0.2, 0) is 9.53 Å². The van der Waals surface area contributed by atoms with E-state index < -0.39 is 0 Å². The molecule has 2 fully saturated rings. The van der Waals surface area contributed by atoms with Gasteiger partial charge >= 0.3 is 0 Å². The summed E-state index contributed by atoms with van der Waals surface area (Å²) < 4.78 is 6.09. The van der Waals surface area contributed by atoms with Crippen molar-refractivity contribution in [2.45, 2.75) is 65.0 Å². The van der Waals surface area contributed by atoms with E-state index in [1.54, 1.807) is 4.90 Å². The lowest BCUT2D eigenvalue weighted by Crippen LogP contribution is -2.48. The van der Waals surface area contributed by atoms with Crippen molar-refractivity contribution in [3.63, 3.8) is 0 Å². The highest BCUT2D eigenvalue weighted by molar-refractivity contribution is 5.81. The third kappa shape index (κ3) is 7.14. The highest BCUT2D eigenvalue weighted by Crippen LogP contribution is 2.33. The smallest absolute Gasteiger partial charge is 0.239 e. The average molecular weight is 410 g/mol. The summed E-state index contributed by atoms with van der Waals surface area (Å²) in [5, 5.41) is 6.93. The zero-order valence-corrected chi connectivity index (χ0v) is 19.5. The molecule has 0 radical (unpaired) electrons. The number of amides is 1. The van der Waals surface area contributed by atoms with Crippen LogP contribution >= 0.6 is 0 Å². The number of carbonyl (C=O) groups is 1. The molecule has 0 aliphatic carbocycles. The third-order valence-corrected chi connectivity index (χ3v) is 6.06. The van der Waals surface area contributed by atoms with Gasteiger partial charge in [0.25, 0.3) is 0 Å². The van der Waals surface area contributed by atoms with Crippen molar-refractivity contribution in [3.05, 3.63) is 0 Å². The van der Waals surface area contributed by atoms with Gasteiger partial charge in [-0.05, 0) is 44.1 Å². The van der Waals surface area contributed by atoms with Gasteiger partial charge in [0.2, 0.25) is 5.91 Å². The molecule has 2 aliphatic rings. The summed E-state index contributed by atoms with van der Waals surface area (Å²) in [6.07, 6.45) is 5.69. The fraction of sp³-hybridized carbons (Fsp3) is 0.909. The molecule has 0 spiro atoms. The van der Waals surface area contributed by atoms with Crippen molar-refractivity contribution in [1.29, 1.82) is 0 Å². The van der Waals surface area contributed by atoms with Gasteiger partial charge in [0.15, 0.2) is 5.96 Å². The van der Waals surface area contributed by atoms with E-state index in [2.05, 4.69) is 41.3 Å². The molecule has 2 heterocycles. The summed E-state index contributed by atoms with van der Waals surface area (Å²) in [7, 11) is 5.51. The number of carbonyl (C=O) groups excluding carboxylic acids is 1. The normalized spacial score (nSPS) is 26.4. The molecule has 2 aliphatic heterocycles.